The predicted octanol–water partition coefficient (Wildman–Crippen LogP) is 3.65. The first-order valence-electron chi connectivity index (χ1n) is 11.6. The Morgan fingerprint density at radius 2 is 1.44 bits per heavy atom. The number of nitrogens with zero attached hydrogens (tertiary/aromatic N) is 2. The van der Waals surface area contributed by atoms with E-state index in [-0.39, 0.29) is 18.6 Å². The summed E-state index contributed by atoms with van der Waals surface area (Å²) in [6, 6.07) is 18.0. The van der Waals surface area contributed by atoms with E-state index in [4.69, 9.17) is 18.9 Å². The second-order valence-electron chi connectivity index (χ2n) is 8.45. The van der Waals surface area contributed by atoms with E-state index in [9.17, 15) is 9.59 Å². The van der Waals surface area contributed by atoms with E-state index in [2.05, 4.69) is 10.2 Å². The van der Waals surface area contributed by atoms with Crippen LogP contribution in [0.1, 0.15) is 20.7 Å². The molecule has 1 N–H and O–H groups in total. The number of hydrogen-bond donors (Lipinski definition) is 1. The number of nitrogens with one attached hydrogen (secondary N) is 1. The van der Waals surface area contributed by atoms with Gasteiger partial charge in [0, 0.05) is 54.7 Å². The number of carbonyl (C=O) groups excluding carboxylic acids is 2. The number of hydrogen-bond acceptors (Lipinski definition) is 7. The van der Waals surface area contributed by atoms with Gasteiger partial charge in [-0.05, 0) is 54.6 Å². The highest BCUT2D eigenvalue weighted by Crippen LogP contribution is 2.33. The molecule has 2 amide bonds. The van der Waals surface area contributed by atoms with Crippen molar-refractivity contribution in [3.63, 3.8) is 0 Å². The Balaban J connectivity index is 1.18. The molecule has 0 aliphatic carbocycles. The maximum Gasteiger partial charge on any atom is 0.255 e. The molecular weight excluding hydrogens is 462 g/mol. The van der Waals surface area contributed by atoms with Gasteiger partial charge in [0.15, 0.2) is 11.5 Å². The zero-order valence-electron chi connectivity index (χ0n) is 20.2. The summed E-state index contributed by atoms with van der Waals surface area (Å²) < 4.78 is 21.2. The Morgan fingerprint density at radius 1 is 0.778 bits per heavy atom. The van der Waals surface area contributed by atoms with Crippen molar-refractivity contribution < 1.29 is 28.5 Å². The summed E-state index contributed by atoms with van der Waals surface area (Å²) >= 11 is 0. The average molecular weight is 490 g/mol. The fourth-order valence-electron chi connectivity index (χ4n) is 4.28. The highest BCUT2D eigenvalue weighted by molar-refractivity contribution is 6.04. The van der Waals surface area contributed by atoms with E-state index >= 15 is 0 Å². The van der Waals surface area contributed by atoms with E-state index in [1.54, 1.807) is 50.6 Å². The number of fused-ring (bicyclic) bond motifs is 1. The fraction of sp³-hybridized carbons (Fsp3) is 0.259. The van der Waals surface area contributed by atoms with Crippen LogP contribution < -0.4 is 29.2 Å². The third-order valence-corrected chi connectivity index (χ3v) is 6.29. The van der Waals surface area contributed by atoms with E-state index in [1.807, 2.05) is 29.2 Å². The van der Waals surface area contributed by atoms with Crippen LogP contribution >= 0.6 is 0 Å². The molecule has 0 unspecified atom stereocenters. The van der Waals surface area contributed by atoms with Crippen molar-refractivity contribution in [2.45, 2.75) is 0 Å². The Hall–Kier alpha value is -4.40. The van der Waals surface area contributed by atoms with Crippen LogP contribution in [-0.2, 0) is 0 Å². The van der Waals surface area contributed by atoms with E-state index in [0.717, 1.165) is 5.69 Å². The molecule has 36 heavy (non-hydrogen) atoms. The number of carbonyl (C=O) groups is 2. The van der Waals surface area contributed by atoms with Crippen molar-refractivity contribution in [1.29, 1.82) is 0 Å². The molecule has 0 spiro atoms. The highest BCUT2D eigenvalue weighted by Gasteiger charge is 2.23. The first kappa shape index (κ1) is 23.3. The third kappa shape index (κ3) is 4.86. The molecule has 0 atom stereocenters. The zero-order valence-corrected chi connectivity index (χ0v) is 20.2. The van der Waals surface area contributed by atoms with Crippen LogP contribution in [0.4, 0.5) is 11.4 Å². The number of amides is 2. The summed E-state index contributed by atoms with van der Waals surface area (Å²) in [5, 5.41) is 2.91. The van der Waals surface area contributed by atoms with Crippen LogP contribution in [0.5, 0.6) is 23.0 Å². The van der Waals surface area contributed by atoms with Gasteiger partial charge in [-0.2, -0.15) is 0 Å². The van der Waals surface area contributed by atoms with E-state index in [0.29, 0.717) is 66.0 Å². The van der Waals surface area contributed by atoms with Gasteiger partial charge in [-0.15, -0.1) is 0 Å². The third-order valence-electron chi connectivity index (χ3n) is 6.29. The van der Waals surface area contributed by atoms with Gasteiger partial charge in [-0.3, -0.25) is 9.59 Å². The highest BCUT2D eigenvalue weighted by atomic mass is 16.7. The molecule has 186 valence electrons. The molecule has 9 heteroatoms. The summed E-state index contributed by atoms with van der Waals surface area (Å²) in [5.74, 6) is 2.11. The number of benzene rings is 3. The summed E-state index contributed by atoms with van der Waals surface area (Å²) in [6.07, 6.45) is 0. The summed E-state index contributed by atoms with van der Waals surface area (Å²) in [4.78, 5) is 29.7. The molecule has 1 saturated heterocycles. The quantitative estimate of drug-likeness (QED) is 0.565. The number of methoxy groups -OCH3 is 2. The monoisotopic (exact) mass is 489 g/mol. The lowest BCUT2D eigenvalue weighted by Gasteiger charge is -2.36. The van der Waals surface area contributed by atoms with E-state index in [1.165, 1.54) is 0 Å². The summed E-state index contributed by atoms with van der Waals surface area (Å²) in [6.45, 7) is 2.77. The van der Waals surface area contributed by atoms with Crippen LogP contribution in [0.3, 0.4) is 0 Å². The average Bonchev–Trinajstić information content (AvgIpc) is 3.41. The summed E-state index contributed by atoms with van der Waals surface area (Å²) in [7, 11) is 3.13. The van der Waals surface area contributed by atoms with E-state index < -0.39 is 0 Å². The van der Waals surface area contributed by atoms with Crippen molar-refractivity contribution in [1.82, 2.24) is 4.90 Å². The molecular formula is C27H27N3O6. The van der Waals surface area contributed by atoms with Crippen LogP contribution in [0.2, 0.25) is 0 Å². The first-order chi connectivity index (χ1) is 17.5. The van der Waals surface area contributed by atoms with Gasteiger partial charge >= 0.3 is 0 Å². The molecule has 0 bridgehead atoms. The first-order valence-corrected chi connectivity index (χ1v) is 11.6. The van der Waals surface area contributed by atoms with Gasteiger partial charge in [0.2, 0.25) is 6.79 Å². The van der Waals surface area contributed by atoms with Gasteiger partial charge in [0.05, 0.1) is 14.2 Å². The van der Waals surface area contributed by atoms with Crippen molar-refractivity contribution in [3.05, 3.63) is 71.8 Å². The molecule has 2 heterocycles. The lowest BCUT2D eigenvalue weighted by atomic mass is 10.1. The van der Waals surface area contributed by atoms with Gasteiger partial charge in [0.1, 0.15) is 11.5 Å². The zero-order chi connectivity index (χ0) is 25.1. The van der Waals surface area contributed by atoms with Gasteiger partial charge in [0.25, 0.3) is 11.8 Å². The van der Waals surface area contributed by atoms with Crippen LogP contribution in [0, 0.1) is 0 Å². The number of rotatable bonds is 6. The molecule has 3 aromatic carbocycles. The van der Waals surface area contributed by atoms with Gasteiger partial charge in [-0.25, -0.2) is 0 Å². The molecule has 3 aromatic rings. The van der Waals surface area contributed by atoms with Crippen LogP contribution in [-0.4, -0.2) is 63.9 Å². The van der Waals surface area contributed by atoms with Gasteiger partial charge in [-0.1, -0.05) is 0 Å². The maximum absolute atomic E-state index is 13.0. The number of anilines is 2. The molecule has 2 aliphatic heterocycles. The van der Waals surface area contributed by atoms with Crippen molar-refractivity contribution in [2.75, 3.05) is 57.4 Å². The lowest BCUT2D eigenvalue weighted by Crippen LogP contribution is -2.48. The SMILES string of the molecule is COc1cc(OC)cc(C(=O)N2CCN(c3ccc(NC(=O)c4ccc5c(c4)OCO5)cc3)CC2)c1. The Bertz CT molecular complexity index is 1250. The second-order valence-corrected chi connectivity index (χ2v) is 8.45. The lowest BCUT2D eigenvalue weighted by molar-refractivity contribution is 0.0746. The normalized spacial score (nSPS) is 14.4. The van der Waals surface area contributed by atoms with Crippen LogP contribution in [0.15, 0.2) is 60.7 Å². The minimum absolute atomic E-state index is 0.0478. The maximum atomic E-state index is 13.0. The Labute approximate surface area is 209 Å². The molecule has 1 fully saturated rings. The number of ether oxygens (including phenoxy) is 4. The predicted molar refractivity (Wildman–Crippen MR) is 135 cm³/mol. The van der Waals surface area contributed by atoms with Crippen LogP contribution in [0.25, 0.3) is 0 Å². The minimum atomic E-state index is -0.220. The largest absolute Gasteiger partial charge is 0.497 e. The van der Waals surface area contributed by atoms with Crippen molar-refractivity contribution in [2.24, 2.45) is 0 Å². The van der Waals surface area contributed by atoms with Crippen molar-refractivity contribution >= 4 is 23.2 Å². The number of piperazine rings is 1. The molecule has 2 aliphatic rings. The van der Waals surface area contributed by atoms with Crippen molar-refractivity contribution in [3.8, 4) is 23.0 Å². The molecule has 5 rings (SSSR count). The Kier molecular flexibility index (Phi) is 6.53. The summed E-state index contributed by atoms with van der Waals surface area (Å²) in [5.41, 5.74) is 2.77. The molecule has 0 saturated carbocycles. The Morgan fingerprint density at radius 3 is 2.11 bits per heavy atom. The molecule has 0 aromatic heterocycles. The topological polar surface area (TPSA) is 89.6 Å². The van der Waals surface area contributed by atoms with Gasteiger partial charge < -0.3 is 34.1 Å². The fourth-order valence-corrected chi connectivity index (χ4v) is 4.28. The standard InChI is InChI=1S/C27H27N3O6/c1-33-22-13-19(14-23(16-22)34-2)27(32)30-11-9-29(10-12-30)21-6-4-20(5-7-21)28-26(31)18-3-8-24-25(15-18)36-17-35-24/h3-8,13-16H,9-12,17H2,1-2H3,(H,28,31). The minimum Gasteiger partial charge on any atom is -0.497 e. The molecule has 9 nitrogen and oxygen atoms in total. The smallest absolute Gasteiger partial charge is 0.255 e. The molecule has 0 radical (unpaired) electrons. The second kappa shape index (κ2) is 10.1.